The molecular formula is C18H14Cl2F2N4O2. The van der Waals surface area contributed by atoms with E-state index in [9.17, 15) is 18.4 Å². The number of aliphatic imine (C=N–C) groups is 1. The second kappa shape index (κ2) is 8.12. The van der Waals surface area contributed by atoms with Crippen LogP contribution in [0.4, 0.5) is 25.0 Å². The number of nitrogens with zero attached hydrogens (tertiary/aromatic N) is 3. The van der Waals surface area contributed by atoms with Crippen molar-refractivity contribution in [3.63, 3.8) is 0 Å². The number of benzene rings is 2. The molecule has 2 aromatic carbocycles. The van der Waals surface area contributed by atoms with Crippen LogP contribution in [-0.4, -0.2) is 41.8 Å². The zero-order valence-electron chi connectivity index (χ0n) is 14.5. The van der Waals surface area contributed by atoms with Gasteiger partial charge in [0.15, 0.2) is 0 Å². The Morgan fingerprint density at radius 2 is 1.89 bits per heavy atom. The number of urea groups is 1. The lowest BCUT2D eigenvalue weighted by atomic mass is 10.3. The summed E-state index contributed by atoms with van der Waals surface area (Å²) in [6.45, 7) is 0. The third-order valence-electron chi connectivity index (χ3n) is 3.95. The number of rotatable bonds is 5. The minimum atomic E-state index is -1.01. The summed E-state index contributed by atoms with van der Waals surface area (Å²) in [6, 6.07) is 8.64. The zero-order chi connectivity index (χ0) is 20.4. The molecule has 0 bridgehead atoms. The molecule has 0 saturated carbocycles. The highest BCUT2D eigenvalue weighted by molar-refractivity contribution is 6.55. The van der Waals surface area contributed by atoms with Crippen LogP contribution < -0.4 is 10.2 Å². The van der Waals surface area contributed by atoms with Gasteiger partial charge in [0.05, 0.1) is 22.3 Å². The van der Waals surface area contributed by atoms with Crippen molar-refractivity contribution in [3.05, 3.63) is 59.1 Å². The maximum absolute atomic E-state index is 13.9. The van der Waals surface area contributed by atoms with Crippen molar-refractivity contribution in [2.75, 3.05) is 23.1 Å². The highest BCUT2D eigenvalue weighted by Crippen LogP contribution is 2.30. The average Bonchev–Trinajstić information content (AvgIpc) is 2.88. The van der Waals surface area contributed by atoms with Gasteiger partial charge in [-0.05, 0) is 24.3 Å². The summed E-state index contributed by atoms with van der Waals surface area (Å²) < 4.78 is 27.3. The van der Waals surface area contributed by atoms with E-state index >= 15 is 0 Å². The lowest BCUT2D eigenvalue weighted by molar-refractivity contribution is -0.119. The monoisotopic (exact) mass is 426 g/mol. The van der Waals surface area contributed by atoms with E-state index in [0.29, 0.717) is 0 Å². The van der Waals surface area contributed by atoms with Crippen LogP contribution in [0.1, 0.15) is 0 Å². The fourth-order valence-electron chi connectivity index (χ4n) is 2.58. The number of hydrogen-bond acceptors (Lipinski definition) is 4. The van der Waals surface area contributed by atoms with Crippen molar-refractivity contribution in [2.24, 2.45) is 4.99 Å². The number of imide groups is 1. The molecule has 1 fully saturated rings. The van der Waals surface area contributed by atoms with Crippen LogP contribution >= 0.6 is 23.2 Å². The third kappa shape index (κ3) is 3.79. The molecule has 28 heavy (non-hydrogen) atoms. The minimum Gasteiger partial charge on any atom is -0.360 e. The number of nitrogens with one attached hydrogen (secondary N) is 1. The number of para-hydroxylation sites is 1. The van der Waals surface area contributed by atoms with Gasteiger partial charge in [-0.3, -0.25) is 9.69 Å². The maximum Gasteiger partial charge on any atom is 0.337 e. The van der Waals surface area contributed by atoms with E-state index in [4.69, 9.17) is 23.2 Å². The predicted molar refractivity (Wildman–Crippen MR) is 104 cm³/mol. The Morgan fingerprint density at radius 3 is 2.57 bits per heavy atom. The number of amidine groups is 1. The number of likely N-dealkylation sites (N-methyl/N-ethyl adjacent to an activating group) is 1. The fourth-order valence-corrected chi connectivity index (χ4v) is 2.94. The van der Waals surface area contributed by atoms with Gasteiger partial charge in [0.2, 0.25) is 5.84 Å². The normalized spacial score (nSPS) is 16.8. The Kier molecular flexibility index (Phi) is 5.81. The Labute approximate surface area is 169 Å². The van der Waals surface area contributed by atoms with Gasteiger partial charge in [0.1, 0.15) is 17.8 Å². The molecular weight excluding hydrogens is 413 g/mol. The topological polar surface area (TPSA) is 65.0 Å². The summed E-state index contributed by atoms with van der Waals surface area (Å²) in [4.78, 5) is 31.2. The van der Waals surface area contributed by atoms with Gasteiger partial charge < -0.3 is 5.32 Å². The number of amides is 3. The highest BCUT2D eigenvalue weighted by Gasteiger charge is 2.42. The second-order valence-electron chi connectivity index (χ2n) is 5.82. The van der Waals surface area contributed by atoms with Gasteiger partial charge in [0.25, 0.3) is 5.91 Å². The highest BCUT2D eigenvalue weighted by atomic mass is 35.5. The van der Waals surface area contributed by atoms with Gasteiger partial charge in [-0.25, -0.2) is 23.5 Å². The van der Waals surface area contributed by atoms with E-state index in [1.807, 2.05) is 0 Å². The maximum atomic E-state index is 13.9. The van der Waals surface area contributed by atoms with E-state index in [-0.39, 0.29) is 28.1 Å². The Morgan fingerprint density at radius 1 is 1.18 bits per heavy atom. The number of anilines is 2. The summed E-state index contributed by atoms with van der Waals surface area (Å²) in [5.41, 5.74) is 0.0836. The van der Waals surface area contributed by atoms with Gasteiger partial charge >= 0.3 is 6.03 Å². The first kappa shape index (κ1) is 20.0. The molecule has 3 amide bonds. The molecule has 1 saturated heterocycles. The lowest BCUT2D eigenvalue weighted by Gasteiger charge is -2.19. The van der Waals surface area contributed by atoms with Crippen LogP contribution in [0.5, 0.6) is 0 Å². The number of carbonyl (C=O) groups excluding carboxylic acids is 2. The molecule has 0 aromatic heterocycles. The number of carbonyl (C=O) groups is 2. The van der Waals surface area contributed by atoms with Crippen LogP contribution in [0.3, 0.4) is 0 Å². The fraction of sp³-hybridized carbons (Fsp3) is 0.167. The van der Waals surface area contributed by atoms with Gasteiger partial charge in [-0.15, -0.1) is 11.6 Å². The van der Waals surface area contributed by atoms with Crippen molar-refractivity contribution < 1.29 is 18.4 Å². The standard InChI is InChI=1S/C18H14Cl2F2N4O2/c1-25-17(27)16(26(18(25)28)14-5-3-2-4-11(14)20)24-15(9-19)23-13-8-10(21)6-7-12(13)22/h2-8,15,23H,9H2,1H3. The van der Waals surface area contributed by atoms with Crippen molar-refractivity contribution in [1.29, 1.82) is 0 Å². The predicted octanol–water partition coefficient (Wildman–Crippen LogP) is 4.09. The van der Waals surface area contributed by atoms with Crippen molar-refractivity contribution >= 4 is 52.4 Å². The van der Waals surface area contributed by atoms with E-state index in [0.717, 1.165) is 28.0 Å². The first-order chi connectivity index (χ1) is 13.3. The molecule has 1 unspecified atom stereocenters. The number of hydrogen-bond donors (Lipinski definition) is 1. The summed E-state index contributed by atoms with van der Waals surface area (Å²) in [6.07, 6.45) is -1.01. The molecule has 1 heterocycles. The molecule has 0 aliphatic carbocycles. The van der Waals surface area contributed by atoms with E-state index < -0.39 is 29.7 Å². The van der Waals surface area contributed by atoms with Gasteiger partial charge in [0, 0.05) is 13.1 Å². The van der Waals surface area contributed by atoms with Gasteiger partial charge in [-0.1, -0.05) is 23.7 Å². The van der Waals surface area contributed by atoms with Crippen molar-refractivity contribution in [3.8, 4) is 0 Å². The summed E-state index contributed by atoms with van der Waals surface area (Å²) in [5.74, 6) is -2.47. The Hall–Kier alpha value is -2.71. The average molecular weight is 427 g/mol. The molecule has 10 heteroatoms. The molecule has 2 aromatic rings. The molecule has 0 radical (unpaired) electrons. The SMILES string of the molecule is CN1C(=O)C(=NC(CCl)Nc2cc(F)ccc2F)N(c2ccccc2Cl)C1=O. The summed E-state index contributed by atoms with van der Waals surface area (Å²) >= 11 is 12.1. The second-order valence-corrected chi connectivity index (χ2v) is 6.54. The van der Waals surface area contributed by atoms with E-state index in [1.54, 1.807) is 24.3 Å². The molecule has 0 spiro atoms. The molecule has 3 rings (SSSR count). The number of halogens is 4. The molecule has 1 aliphatic heterocycles. The van der Waals surface area contributed by atoms with Gasteiger partial charge in [-0.2, -0.15) is 0 Å². The molecule has 1 N–H and O–H groups in total. The quantitative estimate of drug-likeness (QED) is 0.578. The summed E-state index contributed by atoms with van der Waals surface area (Å²) in [5, 5.41) is 2.86. The van der Waals surface area contributed by atoms with Crippen LogP contribution in [0.2, 0.25) is 5.02 Å². The molecule has 146 valence electrons. The van der Waals surface area contributed by atoms with Crippen LogP contribution in [0, 0.1) is 11.6 Å². The number of alkyl halides is 1. The minimum absolute atomic E-state index is 0.176. The molecule has 6 nitrogen and oxygen atoms in total. The molecule has 1 aliphatic rings. The first-order valence-electron chi connectivity index (χ1n) is 8.05. The van der Waals surface area contributed by atoms with Crippen LogP contribution in [0.25, 0.3) is 0 Å². The van der Waals surface area contributed by atoms with Crippen molar-refractivity contribution in [1.82, 2.24) is 4.90 Å². The molecule has 1 atom stereocenters. The zero-order valence-corrected chi connectivity index (χ0v) is 16.0. The summed E-state index contributed by atoms with van der Waals surface area (Å²) in [7, 11) is 1.30. The lowest BCUT2D eigenvalue weighted by Crippen LogP contribution is -2.34. The first-order valence-corrected chi connectivity index (χ1v) is 8.96. The Bertz CT molecular complexity index is 970. The van der Waals surface area contributed by atoms with Crippen molar-refractivity contribution in [2.45, 2.75) is 6.17 Å². The van der Waals surface area contributed by atoms with Crippen LogP contribution in [0.15, 0.2) is 47.5 Å². The van der Waals surface area contributed by atoms with E-state index in [2.05, 4.69) is 10.3 Å². The Balaban J connectivity index is 2.00. The smallest absolute Gasteiger partial charge is 0.337 e. The third-order valence-corrected chi connectivity index (χ3v) is 4.57. The van der Waals surface area contributed by atoms with E-state index in [1.165, 1.54) is 7.05 Å². The largest absolute Gasteiger partial charge is 0.360 e. The van der Waals surface area contributed by atoms with Crippen LogP contribution in [-0.2, 0) is 4.79 Å².